The number of nitrogens with one attached hydrogen (secondary N) is 3. The quantitative estimate of drug-likeness (QED) is 0.480. The number of hydrogen-bond acceptors (Lipinski definition) is 2. The summed E-state index contributed by atoms with van der Waals surface area (Å²) in [5, 5.41) is 13.4. The van der Waals surface area contributed by atoms with Crippen molar-refractivity contribution in [1.29, 1.82) is 5.41 Å². The Labute approximate surface area is 78.7 Å². The largest absolute Gasteiger partial charge is 0.386 e. The summed E-state index contributed by atoms with van der Waals surface area (Å²) < 4.78 is 0. The molecule has 0 aliphatic heterocycles. The van der Waals surface area contributed by atoms with Crippen LogP contribution in [-0.2, 0) is 0 Å². The van der Waals surface area contributed by atoms with Gasteiger partial charge in [0.2, 0.25) is 0 Å². The zero-order chi connectivity index (χ0) is 9.84. The van der Waals surface area contributed by atoms with Gasteiger partial charge in [-0.05, 0) is 31.5 Å². The molecule has 0 radical (unpaired) electrons. The fraction of sp³-hybridized carbons (Fsp3) is 0.300. The molecule has 0 aliphatic rings. The van der Waals surface area contributed by atoms with Crippen molar-refractivity contribution in [2.45, 2.75) is 13.8 Å². The maximum atomic E-state index is 7.34. The van der Waals surface area contributed by atoms with Gasteiger partial charge in [0, 0.05) is 7.05 Å². The van der Waals surface area contributed by atoms with E-state index in [0.717, 1.165) is 11.4 Å². The van der Waals surface area contributed by atoms with E-state index < -0.39 is 0 Å². The van der Waals surface area contributed by atoms with Gasteiger partial charge in [-0.3, -0.25) is 5.41 Å². The molecule has 3 N–H and O–H groups in total. The minimum absolute atomic E-state index is 0.446. The topological polar surface area (TPSA) is 47.9 Å². The van der Waals surface area contributed by atoms with Gasteiger partial charge in [-0.2, -0.15) is 0 Å². The van der Waals surface area contributed by atoms with E-state index >= 15 is 0 Å². The summed E-state index contributed by atoms with van der Waals surface area (Å²) in [5.41, 5.74) is 3.15. The van der Waals surface area contributed by atoms with Gasteiger partial charge >= 0.3 is 0 Å². The van der Waals surface area contributed by atoms with Crippen molar-refractivity contribution in [2.75, 3.05) is 17.7 Å². The lowest BCUT2D eigenvalue weighted by Gasteiger charge is -2.11. The van der Waals surface area contributed by atoms with Crippen LogP contribution < -0.4 is 10.6 Å². The fourth-order valence-corrected chi connectivity index (χ4v) is 1.18. The SMILES string of the molecule is CNc1ccc(C)cc1NC(C)=N. The predicted octanol–water partition coefficient (Wildman–Crippen LogP) is 2.45. The first-order chi connectivity index (χ1) is 6.13. The van der Waals surface area contributed by atoms with Crippen molar-refractivity contribution in [3.8, 4) is 0 Å². The van der Waals surface area contributed by atoms with E-state index in [1.807, 2.05) is 32.2 Å². The summed E-state index contributed by atoms with van der Waals surface area (Å²) in [6.45, 7) is 3.76. The normalized spacial score (nSPS) is 9.46. The van der Waals surface area contributed by atoms with Crippen LogP contribution >= 0.6 is 0 Å². The molecule has 1 aromatic carbocycles. The average Bonchev–Trinajstić information content (AvgIpc) is 2.03. The van der Waals surface area contributed by atoms with Gasteiger partial charge in [-0.15, -0.1) is 0 Å². The Morgan fingerprint density at radius 1 is 1.31 bits per heavy atom. The number of anilines is 2. The van der Waals surface area contributed by atoms with Crippen LogP contribution in [0, 0.1) is 12.3 Å². The molecule has 13 heavy (non-hydrogen) atoms. The Bertz CT molecular complexity index is 318. The molecular formula is C10H15N3. The van der Waals surface area contributed by atoms with Crippen molar-refractivity contribution < 1.29 is 0 Å². The molecule has 0 aliphatic carbocycles. The second kappa shape index (κ2) is 3.94. The molecule has 1 aromatic rings. The number of rotatable bonds is 2. The smallest absolute Gasteiger partial charge is 0.0944 e. The van der Waals surface area contributed by atoms with Crippen molar-refractivity contribution >= 4 is 17.2 Å². The monoisotopic (exact) mass is 177 g/mol. The van der Waals surface area contributed by atoms with Crippen LogP contribution in [0.5, 0.6) is 0 Å². The summed E-state index contributed by atoms with van der Waals surface area (Å²) in [6, 6.07) is 6.06. The summed E-state index contributed by atoms with van der Waals surface area (Å²) >= 11 is 0. The molecule has 3 heteroatoms. The predicted molar refractivity (Wildman–Crippen MR) is 57.7 cm³/mol. The average molecular weight is 177 g/mol. The Balaban J connectivity index is 3.01. The first-order valence-electron chi connectivity index (χ1n) is 4.24. The highest BCUT2D eigenvalue weighted by atomic mass is 15.0. The van der Waals surface area contributed by atoms with Crippen LogP contribution in [0.25, 0.3) is 0 Å². The van der Waals surface area contributed by atoms with Gasteiger partial charge in [-0.1, -0.05) is 6.07 Å². The maximum absolute atomic E-state index is 7.34. The summed E-state index contributed by atoms with van der Waals surface area (Å²) in [7, 11) is 1.87. The van der Waals surface area contributed by atoms with E-state index in [1.165, 1.54) is 5.56 Å². The molecule has 0 saturated carbocycles. The molecule has 0 aromatic heterocycles. The van der Waals surface area contributed by atoms with Crippen LogP contribution in [0.4, 0.5) is 11.4 Å². The van der Waals surface area contributed by atoms with E-state index in [2.05, 4.69) is 10.6 Å². The molecule has 0 bridgehead atoms. The zero-order valence-corrected chi connectivity index (χ0v) is 8.23. The van der Waals surface area contributed by atoms with Crippen LogP contribution in [0.15, 0.2) is 18.2 Å². The third-order valence-corrected chi connectivity index (χ3v) is 1.77. The molecule has 1 rings (SSSR count). The van der Waals surface area contributed by atoms with Crippen molar-refractivity contribution in [1.82, 2.24) is 0 Å². The Kier molecular flexibility index (Phi) is 2.90. The Hall–Kier alpha value is -1.51. The van der Waals surface area contributed by atoms with E-state index in [0.29, 0.717) is 5.84 Å². The third-order valence-electron chi connectivity index (χ3n) is 1.77. The molecule has 0 atom stereocenters. The first kappa shape index (κ1) is 9.58. The second-order valence-electron chi connectivity index (χ2n) is 3.05. The fourth-order valence-electron chi connectivity index (χ4n) is 1.18. The highest BCUT2D eigenvalue weighted by Crippen LogP contribution is 2.22. The van der Waals surface area contributed by atoms with Crippen LogP contribution in [0.1, 0.15) is 12.5 Å². The highest BCUT2D eigenvalue weighted by Gasteiger charge is 2.00. The van der Waals surface area contributed by atoms with Crippen LogP contribution in [0.3, 0.4) is 0 Å². The van der Waals surface area contributed by atoms with Gasteiger partial charge in [-0.25, -0.2) is 0 Å². The van der Waals surface area contributed by atoms with Gasteiger partial charge < -0.3 is 10.6 Å². The Morgan fingerprint density at radius 2 is 2.00 bits per heavy atom. The van der Waals surface area contributed by atoms with E-state index in [9.17, 15) is 0 Å². The lowest BCUT2D eigenvalue weighted by molar-refractivity contribution is 1.40. The minimum atomic E-state index is 0.446. The maximum Gasteiger partial charge on any atom is 0.0944 e. The molecule has 0 heterocycles. The van der Waals surface area contributed by atoms with Crippen LogP contribution in [-0.4, -0.2) is 12.9 Å². The van der Waals surface area contributed by atoms with Crippen molar-refractivity contribution in [3.05, 3.63) is 23.8 Å². The molecule has 0 fully saturated rings. The van der Waals surface area contributed by atoms with E-state index in [4.69, 9.17) is 5.41 Å². The summed E-state index contributed by atoms with van der Waals surface area (Å²) in [4.78, 5) is 0. The van der Waals surface area contributed by atoms with Gasteiger partial charge in [0.25, 0.3) is 0 Å². The summed E-state index contributed by atoms with van der Waals surface area (Å²) in [5.74, 6) is 0.446. The van der Waals surface area contributed by atoms with Gasteiger partial charge in [0.1, 0.15) is 0 Å². The molecule has 0 amide bonds. The number of benzene rings is 1. The van der Waals surface area contributed by atoms with E-state index in [1.54, 1.807) is 6.92 Å². The molecule has 0 unspecified atom stereocenters. The highest BCUT2D eigenvalue weighted by molar-refractivity contribution is 5.94. The summed E-state index contributed by atoms with van der Waals surface area (Å²) in [6.07, 6.45) is 0. The lowest BCUT2D eigenvalue weighted by atomic mass is 10.2. The third kappa shape index (κ3) is 2.47. The van der Waals surface area contributed by atoms with Gasteiger partial charge in [0.15, 0.2) is 0 Å². The van der Waals surface area contributed by atoms with Crippen molar-refractivity contribution in [3.63, 3.8) is 0 Å². The first-order valence-corrected chi connectivity index (χ1v) is 4.24. The molecule has 0 spiro atoms. The zero-order valence-electron chi connectivity index (χ0n) is 8.23. The van der Waals surface area contributed by atoms with E-state index in [-0.39, 0.29) is 0 Å². The Morgan fingerprint density at radius 3 is 2.54 bits per heavy atom. The van der Waals surface area contributed by atoms with Gasteiger partial charge in [0.05, 0.1) is 17.2 Å². The van der Waals surface area contributed by atoms with Crippen molar-refractivity contribution in [2.24, 2.45) is 0 Å². The standard InChI is InChI=1S/C10H15N3/c1-7-4-5-9(12-3)10(6-7)13-8(2)11/h4-6,12H,1-3H3,(H2,11,13). The molecule has 0 saturated heterocycles. The number of hydrogen-bond donors (Lipinski definition) is 3. The number of aryl methyl sites for hydroxylation is 1. The molecule has 3 nitrogen and oxygen atoms in total. The van der Waals surface area contributed by atoms with Crippen LogP contribution in [0.2, 0.25) is 0 Å². The number of amidine groups is 1. The molecular weight excluding hydrogens is 162 g/mol. The second-order valence-corrected chi connectivity index (χ2v) is 3.05. The molecule has 70 valence electrons. The minimum Gasteiger partial charge on any atom is -0.386 e. The lowest BCUT2D eigenvalue weighted by Crippen LogP contribution is -2.07.